The Kier molecular flexibility index (Phi) is 2.40. The highest BCUT2D eigenvalue weighted by Crippen LogP contribution is 2.15. The van der Waals surface area contributed by atoms with E-state index in [-0.39, 0.29) is 0 Å². The lowest BCUT2D eigenvalue weighted by Crippen LogP contribution is -1.81. The van der Waals surface area contributed by atoms with E-state index in [1.807, 2.05) is 11.4 Å². The average Bonchev–Trinajstić information content (AvgIpc) is 2.36. The molecule has 2 heteroatoms. The summed E-state index contributed by atoms with van der Waals surface area (Å²) >= 11 is 1.60. The minimum absolute atomic E-state index is 0.796. The lowest BCUT2D eigenvalue weighted by Gasteiger charge is -1.88. The minimum atomic E-state index is 0.796. The molecule has 1 aromatic heterocycles. The number of rotatable bonds is 3. The second kappa shape index (κ2) is 3.32. The zero-order valence-corrected chi connectivity index (χ0v) is 6.36. The molecule has 0 fully saturated rings. The van der Waals surface area contributed by atoms with Crippen LogP contribution in [0.5, 0.6) is 0 Å². The maximum atomic E-state index is 10.3. The van der Waals surface area contributed by atoms with E-state index in [2.05, 4.69) is 6.58 Å². The third-order valence-electron chi connectivity index (χ3n) is 1.24. The molecule has 0 atom stereocenters. The lowest BCUT2D eigenvalue weighted by atomic mass is 10.2. The van der Waals surface area contributed by atoms with Crippen LogP contribution in [0.15, 0.2) is 24.1 Å². The van der Waals surface area contributed by atoms with Crippen LogP contribution in [0, 0.1) is 0 Å². The molecule has 0 aliphatic heterocycles. The van der Waals surface area contributed by atoms with Gasteiger partial charge in [0.1, 0.15) is 0 Å². The molecule has 0 bridgehead atoms. The molecule has 0 aromatic carbocycles. The molecule has 0 saturated heterocycles. The third-order valence-corrected chi connectivity index (χ3v) is 2.20. The van der Waals surface area contributed by atoms with E-state index in [4.69, 9.17) is 0 Å². The van der Waals surface area contributed by atoms with Crippen LogP contribution in [0.3, 0.4) is 0 Å². The predicted octanol–water partition coefficient (Wildman–Crippen LogP) is 2.29. The first-order valence-electron chi connectivity index (χ1n) is 3.01. The van der Waals surface area contributed by atoms with E-state index >= 15 is 0 Å². The molecule has 10 heavy (non-hydrogen) atoms. The Labute approximate surface area is 64.0 Å². The van der Waals surface area contributed by atoms with Crippen molar-refractivity contribution in [3.05, 3.63) is 34.5 Å². The summed E-state index contributed by atoms with van der Waals surface area (Å²) in [5.74, 6) is 0. The van der Waals surface area contributed by atoms with Crippen LogP contribution in [-0.4, -0.2) is 6.29 Å². The summed E-state index contributed by atoms with van der Waals surface area (Å²) in [4.78, 5) is 11.4. The van der Waals surface area contributed by atoms with Crippen LogP contribution in [0.2, 0.25) is 0 Å². The van der Waals surface area contributed by atoms with Crippen LogP contribution >= 0.6 is 11.3 Å². The normalized spacial score (nSPS) is 9.20. The van der Waals surface area contributed by atoms with Gasteiger partial charge in [-0.05, 0) is 11.4 Å². The SMILES string of the molecule is C=CCc1sccc1C=O. The zero-order chi connectivity index (χ0) is 7.40. The Bertz CT molecular complexity index is 237. The molecular formula is C8H8OS. The highest BCUT2D eigenvalue weighted by Gasteiger charge is 1.98. The Morgan fingerprint density at radius 2 is 2.50 bits per heavy atom. The standard InChI is InChI=1S/C8H8OS/c1-2-3-8-7(6-9)4-5-10-8/h2,4-6H,1,3H2. The first-order chi connectivity index (χ1) is 4.88. The number of thiophene rings is 1. The number of carbonyl (C=O) groups excluding carboxylic acids is 1. The topological polar surface area (TPSA) is 17.1 Å². The summed E-state index contributed by atoms with van der Waals surface area (Å²) in [5, 5.41) is 1.92. The monoisotopic (exact) mass is 152 g/mol. The van der Waals surface area contributed by atoms with E-state index in [1.54, 1.807) is 17.4 Å². The van der Waals surface area contributed by atoms with Crippen molar-refractivity contribution < 1.29 is 4.79 Å². The highest BCUT2D eigenvalue weighted by atomic mass is 32.1. The molecule has 0 radical (unpaired) electrons. The van der Waals surface area contributed by atoms with Crippen LogP contribution in [0.1, 0.15) is 15.2 Å². The fraction of sp³-hybridized carbons (Fsp3) is 0.125. The van der Waals surface area contributed by atoms with E-state index < -0.39 is 0 Å². The van der Waals surface area contributed by atoms with E-state index in [9.17, 15) is 4.79 Å². The number of hydrogen-bond acceptors (Lipinski definition) is 2. The van der Waals surface area contributed by atoms with Gasteiger partial charge in [0, 0.05) is 16.9 Å². The number of allylic oxidation sites excluding steroid dienone is 1. The predicted molar refractivity (Wildman–Crippen MR) is 43.6 cm³/mol. The van der Waals surface area contributed by atoms with Gasteiger partial charge in [-0.2, -0.15) is 0 Å². The van der Waals surface area contributed by atoms with Crippen LogP contribution in [-0.2, 0) is 6.42 Å². The molecule has 0 saturated carbocycles. The van der Waals surface area contributed by atoms with Gasteiger partial charge in [0.15, 0.2) is 6.29 Å². The Morgan fingerprint density at radius 1 is 1.70 bits per heavy atom. The summed E-state index contributed by atoms with van der Waals surface area (Å²) in [6.07, 6.45) is 3.49. The molecule has 0 N–H and O–H groups in total. The fourth-order valence-electron chi connectivity index (χ4n) is 0.753. The van der Waals surface area contributed by atoms with Crippen molar-refractivity contribution in [1.29, 1.82) is 0 Å². The summed E-state index contributed by atoms with van der Waals surface area (Å²) in [7, 11) is 0. The van der Waals surface area contributed by atoms with Crippen LogP contribution in [0.4, 0.5) is 0 Å². The first kappa shape index (κ1) is 7.22. The molecule has 1 rings (SSSR count). The van der Waals surface area contributed by atoms with Gasteiger partial charge < -0.3 is 0 Å². The average molecular weight is 152 g/mol. The van der Waals surface area contributed by atoms with Gasteiger partial charge in [-0.1, -0.05) is 6.08 Å². The van der Waals surface area contributed by atoms with Crippen molar-refractivity contribution in [1.82, 2.24) is 0 Å². The maximum Gasteiger partial charge on any atom is 0.151 e. The van der Waals surface area contributed by atoms with Gasteiger partial charge in [-0.25, -0.2) is 0 Å². The minimum Gasteiger partial charge on any atom is -0.298 e. The molecule has 1 nitrogen and oxygen atoms in total. The van der Waals surface area contributed by atoms with E-state index in [0.29, 0.717) is 0 Å². The van der Waals surface area contributed by atoms with Crippen molar-refractivity contribution in [2.75, 3.05) is 0 Å². The Hall–Kier alpha value is -0.890. The van der Waals surface area contributed by atoms with Crippen LogP contribution < -0.4 is 0 Å². The number of carbonyl (C=O) groups is 1. The molecule has 0 aliphatic rings. The molecule has 0 unspecified atom stereocenters. The fourth-order valence-corrected chi connectivity index (χ4v) is 1.60. The molecule has 0 aliphatic carbocycles. The second-order valence-corrected chi connectivity index (χ2v) is 2.91. The summed E-state index contributed by atoms with van der Waals surface area (Å²) in [6, 6.07) is 1.83. The van der Waals surface area contributed by atoms with Crippen molar-refractivity contribution in [3.63, 3.8) is 0 Å². The summed E-state index contributed by atoms with van der Waals surface area (Å²) in [6.45, 7) is 3.60. The first-order valence-corrected chi connectivity index (χ1v) is 3.89. The summed E-state index contributed by atoms with van der Waals surface area (Å²) in [5.41, 5.74) is 0.796. The van der Waals surface area contributed by atoms with Gasteiger partial charge in [-0.3, -0.25) is 4.79 Å². The Balaban J connectivity index is 2.89. The Morgan fingerprint density at radius 3 is 3.10 bits per heavy atom. The quantitative estimate of drug-likeness (QED) is 0.479. The van der Waals surface area contributed by atoms with Crippen molar-refractivity contribution >= 4 is 17.6 Å². The molecule has 52 valence electrons. The lowest BCUT2D eigenvalue weighted by molar-refractivity contribution is 0.112. The van der Waals surface area contributed by atoms with E-state index in [1.165, 1.54) is 0 Å². The molecular weight excluding hydrogens is 144 g/mol. The molecule has 1 heterocycles. The molecule has 1 aromatic rings. The van der Waals surface area contributed by atoms with Gasteiger partial charge in [0.2, 0.25) is 0 Å². The van der Waals surface area contributed by atoms with E-state index in [0.717, 1.165) is 23.1 Å². The maximum absolute atomic E-state index is 10.3. The second-order valence-electron chi connectivity index (χ2n) is 1.91. The van der Waals surface area contributed by atoms with Gasteiger partial charge >= 0.3 is 0 Å². The van der Waals surface area contributed by atoms with Crippen molar-refractivity contribution in [3.8, 4) is 0 Å². The number of aldehydes is 1. The van der Waals surface area contributed by atoms with Gasteiger partial charge in [0.25, 0.3) is 0 Å². The smallest absolute Gasteiger partial charge is 0.151 e. The van der Waals surface area contributed by atoms with Crippen molar-refractivity contribution in [2.24, 2.45) is 0 Å². The summed E-state index contributed by atoms with van der Waals surface area (Å²) < 4.78 is 0. The highest BCUT2D eigenvalue weighted by molar-refractivity contribution is 7.10. The third kappa shape index (κ3) is 1.33. The van der Waals surface area contributed by atoms with Crippen LogP contribution in [0.25, 0.3) is 0 Å². The van der Waals surface area contributed by atoms with Gasteiger partial charge in [0.05, 0.1) is 0 Å². The van der Waals surface area contributed by atoms with Crippen molar-refractivity contribution in [2.45, 2.75) is 6.42 Å². The number of hydrogen-bond donors (Lipinski definition) is 0. The van der Waals surface area contributed by atoms with Gasteiger partial charge in [-0.15, -0.1) is 17.9 Å². The molecule has 0 amide bonds. The molecule has 0 spiro atoms. The largest absolute Gasteiger partial charge is 0.298 e. The zero-order valence-electron chi connectivity index (χ0n) is 5.54.